The Morgan fingerprint density at radius 2 is 2.12 bits per heavy atom. The number of urea groups is 1. The number of amides is 2. The van der Waals surface area contributed by atoms with Crippen molar-refractivity contribution in [2.75, 3.05) is 46.0 Å². The van der Waals surface area contributed by atoms with Crippen LogP contribution in [0.25, 0.3) is 0 Å². The molecule has 1 N–H and O–H groups in total. The van der Waals surface area contributed by atoms with E-state index in [0.29, 0.717) is 13.1 Å². The average molecular weight is 363 g/mol. The molecule has 0 radical (unpaired) electrons. The van der Waals surface area contributed by atoms with Gasteiger partial charge in [-0.15, -0.1) is 0 Å². The Bertz CT molecular complexity index is 635. The van der Waals surface area contributed by atoms with Gasteiger partial charge in [0.25, 0.3) is 0 Å². The smallest absolute Gasteiger partial charge is 0.317 e. The lowest BCUT2D eigenvalue weighted by Gasteiger charge is -2.29. The molecule has 8 nitrogen and oxygen atoms in total. The standard InChI is InChI=1S/C18H29N5O3/c1-21-17-4-5-23(18(24)19-11-14-3-2-8-26-14)12-15(17)16(20-21)13-22-6-9-25-10-7-22/h14H,2-13H2,1H3,(H,19,24). The molecule has 2 saturated heterocycles. The van der Waals surface area contributed by atoms with Crippen molar-refractivity contribution < 1.29 is 14.3 Å². The summed E-state index contributed by atoms with van der Waals surface area (Å²) >= 11 is 0. The summed E-state index contributed by atoms with van der Waals surface area (Å²) in [7, 11) is 2.01. The molecule has 3 aliphatic heterocycles. The fourth-order valence-electron chi connectivity index (χ4n) is 4.06. The highest BCUT2D eigenvalue weighted by Crippen LogP contribution is 2.23. The van der Waals surface area contributed by atoms with Gasteiger partial charge in [-0.1, -0.05) is 0 Å². The van der Waals surface area contributed by atoms with Crippen LogP contribution in [0.15, 0.2) is 0 Å². The largest absolute Gasteiger partial charge is 0.379 e. The molecule has 0 spiro atoms. The van der Waals surface area contributed by atoms with E-state index >= 15 is 0 Å². The van der Waals surface area contributed by atoms with Crippen LogP contribution in [0.3, 0.4) is 0 Å². The molecule has 1 aromatic rings. The minimum Gasteiger partial charge on any atom is -0.379 e. The second-order valence-electron chi connectivity index (χ2n) is 7.38. The van der Waals surface area contributed by atoms with Gasteiger partial charge in [-0.05, 0) is 12.8 Å². The molecule has 0 aromatic carbocycles. The van der Waals surface area contributed by atoms with Crippen LogP contribution in [0, 0.1) is 0 Å². The number of aromatic nitrogens is 2. The van der Waals surface area contributed by atoms with E-state index in [4.69, 9.17) is 14.6 Å². The highest BCUT2D eigenvalue weighted by atomic mass is 16.5. The zero-order valence-electron chi connectivity index (χ0n) is 15.6. The van der Waals surface area contributed by atoms with Crippen molar-refractivity contribution in [1.82, 2.24) is 24.9 Å². The van der Waals surface area contributed by atoms with E-state index in [1.165, 1.54) is 11.3 Å². The molecule has 1 atom stereocenters. The van der Waals surface area contributed by atoms with Crippen molar-refractivity contribution in [1.29, 1.82) is 0 Å². The first-order valence-corrected chi connectivity index (χ1v) is 9.69. The van der Waals surface area contributed by atoms with Gasteiger partial charge in [0.2, 0.25) is 0 Å². The molecule has 2 amide bonds. The van der Waals surface area contributed by atoms with E-state index < -0.39 is 0 Å². The van der Waals surface area contributed by atoms with E-state index in [1.54, 1.807) is 0 Å². The fourth-order valence-corrected chi connectivity index (χ4v) is 4.06. The topological polar surface area (TPSA) is 71.9 Å². The number of rotatable bonds is 4. The van der Waals surface area contributed by atoms with E-state index in [1.807, 2.05) is 16.6 Å². The average Bonchev–Trinajstić information content (AvgIpc) is 3.29. The molecule has 1 aromatic heterocycles. The number of hydrogen-bond acceptors (Lipinski definition) is 5. The molecule has 0 bridgehead atoms. The minimum atomic E-state index is 0.00678. The van der Waals surface area contributed by atoms with Crippen molar-refractivity contribution in [3.8, 4) is 0 Å². The Hall–Kier alpha value is -1.64. The maximum absolute atomic E-state index is 12.6. The molecule has 3 aliphatic rings. The summed E-state index contributed by atoms with van der Waals surface area (Å²) in [6.45, 7) is 7.08. The SMILES string of the molecule is Cn1nc(CN2CCOCC2)c2c1CCN(C(=O)NCC1CCCO1)C2. The lowest BCUT2D eigenvalue weighted by atomic mass is 10.0. The first-order chi connectivity index (χ1) is 12.7. The van der Waals surface area contributed by atoms with Crippen LogP contribution in [0.2, 0.25) is 0 Å². The molecule has 0 aliphatic carbocycles. The van der Waals surface area contributed by atoms with Crippen molar-refractivity contribution in [3.63, 3.8) is 0 Å². The monoisotopic (exact) mass is 363 g/mol. The summed E-state index contributed by atoms with van der Waals surface area (Å²) in [6, 6.07) is 0.00678. The number of morpholine rings is 1. The van der Waals surface area contributed by atoms with E-state index in [0.717, 1.165) is 71.0 Å². The maximum atomic E-state index is 12.6. The molecular weight excluding hydrogens is 334 g/mol. The van der Waals surface area contributed by atoms with Gasteiger partial charge in [0.1, 0.15) is 0 Å². The van der Waals surface area contributed by atoms with E-state index in [-0.39, 0.29) is 12.1 Å². The summed E-state index contributed by atoms with van der Waals surface area (Å²) in [4.78, 5) is 16.9. The molecular formula is C18H29N5O3. The second-order valence-corrected chi connectivity index (χ2v) is 7.38. The number of hydrogen-bond donors (Lipinski definition) is 1. The highest BCUT2D eigenvalue weighted by molar-refractivity contribution is 5.74. The molecule has 4 heterocycles. The number of aryl methyl sites for hydroxylation is 1. The van der Waals surface area contributed by atoms with Gasteiger partial charge in [0, 0.05) is 64.1 Å². The molecule has 26 heavy (non-hydrogen) atoms. The summed E-state index contributed by atoms with van der Waals surface area (Å²) in [5.41, 5.74) is 3.58. The zero-order valence-corrected chi connectivity index (χ0v) is 15.6. The number of carbonyl (C=O) groups is 1. The Kier molecular flexibility index (Phi) is 5.42. The molecule has 4 rings (SSSR count). The first-order valence-electron chi connectivity index (χ1n) is 9.69. The Labute approximate surface area is 154 Å². The molecule has 8 heteroatoms. The van der Waals surface area contributed by atoms with Gasteiger partial charge in [-0.25, -0.2) is 4.79 Å². The summed E-state index contributed by atoms with van der Waals surface area (Å²) < 4.78 is 13.0. The third-order valence-electron chi connectivity index (χ3n) is 5.59. The Morgan fingerprint density at radius 3 is 2.88 bits per heavy atom. The number of nitrogens with zero attached hydrogens (tertiary/aromatic N) is 4. The van der Waals surface area contributed by atoms with Crippen LogP contribution >= 0.6 is 0 Å². The van der Waals surface area contributed by atoms with Gasteiger partial charge >= 0.3 is 6.03 Å². The van der Waals surface area contributed by atoms with Crippen LogP contribution in [0.4, 0.5) is 4.79 Å². The van der Waals surface area contributed by atoms with E-state index in [9.17, 15) is 4.79 Å². The first kappa shape index (κ1) is 17.8. The predicted octanol–water partition coefficient (Wildman–Crippen LogP) is 0.499. The fraction of sp³-hybridized carbons (Fsp3) is 0.778. The minimum absolute atomic E-state index is 0.00678. The van der Waals surface area contributed by atoms with E-state index in [2.05, 4.69) is 10.2 Å². The van der Waals surface area contributed by atoms with Crippen molar-refractivity contribution in [2.24, 2.45) is 7.05 Å². The summed E-state index contributed by atoms with van der Waals surface area (Å²) in [6.07, 6.45) is 3.16. The van der Waals surface area contributed by atoms with Gasteiger partial charge in [0.05, 0.1) is 31.6 Å². The number of fused-ring (bicyclic) bond motifs is 1. The van der Waals surface area contributed by atoms with Gasteiger partial charge in [0.15, 0.2) is 0 Å². The van der Waals surface area contributed by atoms with Crippen LogP contribution < -0.4 is 5.32 Å². The van der Waals surface area contributed by atoms with Crippen molar-refractivity contribution >= 4 is 6.03 Å². The maximum Gasteiger partial charge on any atom is 0.317 e. The quantitative estimate of drug-likeness (QED) is 0.843. The summed E-state index contributed by atoms with van der Waals surface area (Å²) in [5, 5.41) is 7.79. The van der Waals surface area contributed by atoms with Gasteiger partial charge < -0.3 is 19.7 Å². The Morgan fingerprint density at radius 1 is 1.27 bits per heavy atom. The lowest BCUT2D eigenvalue weighted by molar-refractivity contribution is 0.0334. The molecule has 144 valence electrons. The Balaban J connectivity index is 1.39. The van der Waals surface area contributed by atoms with Crippen LogP contribution in [-0.2, 0) is 36.0 Å². The lowest BCUT2D eigenvalue weighted by Crippen LogP contribution is -2.45. The summed E-state index contributed by atoms with van der Waals surface area (Å²) in [5.74, 6) is 0. The normalized spacial score (nSPS) is 23.9. The van der Waals surface area contributed by atoms with Crippen molar-refractivity contribution in [3.05, 3.63) is 17.0 Å². The number of nitrogens with one attached hydrogen (secondary N) is 1. The number of ether oxygens (including phenoxy) is 2. The number of carbonyl (C=O) groups excluding carboxylic acids is 1. The molecule has 2 fully saturated rings. The van der Waals surface area contributed by atoms with Gasteiger partial charge in [-0.2, -0.15) is 5.10 Å². The highest BCUT2D eigenvalue weighted by Gasteiger charge is 2.28. The van der Waals surface area contributed by atoms with Crippen LogP contribution in [0.5, 0.6) is 0 Å². The van der Waals surface area contributed by atoms with Gasteiger partial charge in [-0.3, -0.25) is 9.58 Å². The third-order valence-corrected chi connectivity index (χ3v) is 5.59. The zero-order chi connectivity index (χ0) is 17.9. The third kappa shape index (κ3) is 3.87. The van der Waals surface area contributed by atoms with Crippen LogP contribution in [-0.4, -0.2) is 77.7 Å². The molecule has 0 saturated carbocycles. The second kappa shape index (κ2) is 7.94. The van der Waals surface area contributed by atoms with Crippen molar-refractivity contribution in [2.45, 2.75) is 38.5 Å². The molecule has 1 unspecified atom stereocenters. The van der Waals surface area contributed by atoms with Crippen LogP contribution in [0.1, 0.15) is 29.8 Å². The predicted molar refractivity (Wildman–Crippen MR) is 95.8 cm³/mol.